The van der Waals surface area contributed by atoms with Crippen LogP contribution in [-0.2, 0) is 14.3 Å². The molecule has 2 rings (SSSR count). The Balaban J connectivity index is 2.02. The van der Waals surface area contributed by atoms with E-state index < -0.39 is 0 Å². The van der Waals surface area contributed by atoms with Crippen LogP contribution >= 0.6 is 27.3 Å². The number of nitrogens with zero attached hydrogens (tertiary/aromatic N) is 1. The van der Waals surface area contributed by atoms with Crippen molar-refractivity contribution >= 4 is 39.1 Å². The van der Waals surface area contributed by atoms with Gasteiger partial charge in [-0.25, -0.2) is 0 Å². The van der Waals surface area contributed by atoms with Crippen LogP contribution < -0.4 is 0 Å². The molecule has 1 amide bonds. The quantitative estimate of drug-likeness (QED) is 0.717. The average molecular weight is 376 g/mol. The molecule has 1 aliphatic rings. The monoisotopic (exact) mass is 375 g/mol. The molecule has 0 aliphatic carbocycles. The van der Waals surface area contributed by atoms with Crippen molar-refractivity contribution in [3.8, 4) is 0 Å². The van der Waals surface area contributed by atoms with Crippen molar-refractivity contribution in [2.75, 3.05) is 26.8 Å². The number of ether oxygens (including phenoxy) is 2. The molecule has 1 atom stereocenters. The molecule has 0 spiro atoms. The molecule has 0 N–H and O–H groups in total. The fraction of sp³-hybridized carbons (Fsp3) is 0.571. The lowest BCUT2D eigenvalue weighted by Gasteiger charge is -2.24. The van der Waals surface area contributed by atoms with E-state index in [4.69, 9.17) is 4.74 Å². The molecular formula is C14H18BrNO4S. The Labute approximate surface area is 136 Å². The van der Waals surface area contributed by atoms with Gasteiger partial charge in [-0.15, -0.1) is 11.3 Å². The predicted octanol–water partition coefficient (Wildman–Crippen LogP) is 2.69. The lowest BCUT2D eigenvalue weighted by atomic mass is 10.2. The molecule has 0 saturated carbocycles. The van der Waals surface area contributed by atoms with Crippen LogP contribution in [0, 0.1) is 0 Å². The highest BCUT2D eigenvalue weighted by molar-refractivity contribution is 9.11. The highest BCUT2D eigenvalue weighted by Crippen LogP contribution is 2.24. The molecule has 5 nitrogen and oxygen atoms in total. The first kappa shape index (κ1) is 16.5. The van der Waals surface area contributed by atoms with Gasteiger partial charge in [0.2, 0.25) is 0 Å². The zero-order chi connectivity index (χ0) is 15.2. The predicted molar refractivity (Wildman–Crippen MR) is 83.5 cm³/mol. The molecule has 1 saturated heterocycles. The van der Waals surface area contributed by atoms with E-state index in [9.17, 15) is 9.59 Å². The summed E-state index contributed by atoms with van der Waals surface area (Å²) in [5.74, 6) is -0.377. The normalized spacial score (nSPS) is 17.7. The first-order valence-corrected chi connectivity index (χ1v) is 8.44. The van der Waals surface area contributed by atoms with Gasteiger partial charge in [-0.1, -0.05) is 0 Å². The Morgan fingerprint density at radius 2 is 2.33 bits per heavy atom. The third-order valence-electron chi connectivity index (χ3n) is 3.33. The summed E-state index contributed by atoms with van der Waals surface area (Å²) in [4.78, 5) is 26.2. The summed E-state index contributed by atoms with van der Waals surface area (Å²) in [7, 11) is 1.35. The maximum atomic E-state index is 12.6. The van der Waals surface area contributed by atoms with E-state index in [0.717, 1.165) is 23.2 Å². The Kier molecular flexibility index (Phi) is 6.20. The molecule has 1 fully saturated rings. The molecule has 7 heteroatoms. The minimum absolute atomic E-state index is 0.0647. The number of rotatable bonds is 6. The number of thiophene rings is 1. The molecule has 21 heavy (non-hydrogen) atoms. The number of halogens is 1. The molecule has 116 valence electrons. The van der Waals surface area contributed by atoms with Crippen LogP contribution in [0.2, 0.25) is 0 Å². The van der Waals surface area contributed by atoms with Crippen LogP contribution in [0.3, 0.4) is 0 Å². The summed E-state index contributed by atoms with van der Waals surface area (Å²) in [6, 6.07) is 3.64. The van der Waals surface area contributed by atoms with Gasteiger partial charge in [-0.2, -0.15) is 0 Å². The number of hydrogen-bond acceptors (Lipinski definition) is 5. The second kappa shape index (κ2) is 7.91. The summed E-state index contributed by atoms with van der Waals surface area (Å²) >= 11 is 4.75. The van der Waals surface area contributed by atoms with Crippen LogP contribution in [0.1, 0.15) is 28.9 Å². The van der Waals surface area contributed by atoms with Crippen molar-refractivity contribution in [1.29, 1.82) is 0 Å². The highest BCUT2D eigenvalue weighted by atomic mass is 79.9. The second-order valence-electron chi connectivity index (χ2n) is 4.82. The van der Waals surface area contributed by atoms with Crippen LogP contribution in [0.5, 0.6) is 0 Å². The molecule has 2 heterocycles. The Bertz CT molecular complexity index is 499. The summed E-state index contributed by atoms with van der Waals surface area (Å²) in [6.45, 7) is 1.61. The molecule has 0 bridgehead atoms. The van der Waals surface area contributed by atoms with Crippen LogP contribution in [0.25, 0.3) is 0 Å². The van der Waals surface area contributed by atoms with E-state index in [1.54, 1.807) is 11.0 Å². The molecule has 1 aromatic rings. The smallest absolute Gasteiger partial charge is 0.307 e. The van der Waals surface area contributed by atoms with Crippen LogP contribution in [-0.4, -0.2) is 49.7 Å². The number of carbonyl (C=O) groups excluding carboxylic acids is 2. The lowest BCUT2D eigenvalue weighted by molar-refractivity contribution is -0.140. The number of amides is 1. The zero-order valence-corrected chi connectivity index (χ0v) is 14.2. The minimum atomic E-state index is -0.312. The maximum absolute atomic E-state index is 12.6. The largest absolute Gasteiger partial charge is 0.469 e. The first-order valence-electron chi connectivity index (χ1n) is 6.83. The number of hydrogen-bond donors (Lipinski definition) is 0. The van der Waals surface area contributed by atoms with Crippen molar-refractivity contribution in [3.05, 3.63) is 20.8 Å². The molecule has 0 radical (unpaired) electrons. The zero-order valence-electron chi connectivity index (χ0n) is 11.8. The van der Waals surface area contributed by atoms with Gasteiger partial charge in [0, 0.05) is 19.7 Å². The van der Waals surface area contributed by atoms with Gasteiger partial charge >= 0.3 is 5.97 Å². The number of carbonyl (C=O) groups is 2. The minimum Gasteiger partial charge on any atom is -0.469 e. The summed E-state index contributed by atoms with van der Waals surface area (Å²) in [6.07, 6.45) is 2.24. The van der Waals surface area contributed by atoms with Gasteiger partial charge in [-0.05, 0) is 40.9 Å². The highest BCUT2D eigenvalue weighted by Gasteiger charge is 2.24. The van der Waals surface area contributed by atoms with Gasteiger partial charge in [0.15, 0.2) is 0 Å². The van der Waals surface area contributed by atoms with Gasteiger partial charge in [0.05, 0.1) is 28.3 Å². The molecule has 0 aromatic carbocycles. The van der Waals surface area contributed by atoms with Crippen molar-refractivity contribution in [2.45, 2.75) is 25.4 Å². The Hall–Kier alpha value is -0.920. The molecular weight excluding hydrogens is 358 g/mol. The van der Waals surface area contributed by atoms with E-state index in [1.807, 2.05) is 6.07 Å². The average Bonchev–Trinajstić information content (AvgIpc) is 3.13. The fourth-order valence-electron chi connectivity index (χ4n) is 2.22. The number of esters is 1. The standard InChI is InChI=1S/C14H18BrNO4S/c1-19-13(17)6-7-16(9-10-3-2-8-20-10)14(18)11-4-5-12(15)21-11/h4-5,10H,2-3,6-9H2,1H3. The third-order valence-corrected chi connectivity index (χ3v) is 4.94. The van der Waals surface area contributed by atoms with Gasteiger partial charge in [-0.3, -0.25) is 9.59 Å². The van der Waals surface area contributed by atoms with Crippen LogP contribution in [0.4, 0.5) is 0 Å². The Morgan fingerprint density at radius 1 is 1.52 bits per heavy atom. The Morgan fingerprint density at radius 3 is 2.90 bits per heavy atom. The third kappa shape index (κ3) is 4.79. The SMILES string of the molecule is COC(=O)CCN(CC1CCCO1)C(=O)c1ccc(Br)s1. The van der Waals surface area contributed by atoms with E-state index in [2.05, 4.69) is 20.7 Å². The lowest BCUT2D eigenvalue weighted by Crippen LogP contribution is -2.38. The fourth-order valence-corrected chi connectivity index (χ4v) is 3.58. The molecule has 1 aliphatic heterocycles. The van der Waals surface area contributed by atoms with E-state index in [1.165, 1.54) is 18.4 Å². The van der Waals surface area contributed by atoms with E-state index in [-0.39, 0.29) is 24.4 Å². The summed E-state index contributed by atoms with van der Waals surface area (Å²) in [5, 5.41) is 0. The maximum Gasteiger partial charge on any atom is 0.307 e. The van der Waals surface area contributed by atoms with Crippen molar-refractivity contribution in [3.63, 3.8) is 0 Å². The van der Waals surface area contributed by atoms with Crippen molar-refractivity contribution in [2.24, 2.45) is 0 Å². The van der Waals surface area contributed by atoms with E-state index in [0.29, 0.717) is 18.0 Å². The van der Waals surface area contributed by atoms with Crippen molar-refractivity contribution < 1.29 is 19.1 Å². The molecule has 1 unspecified atom stereocenters. The summed E-state index contributed by atoms with van der Waals surface area (Å²) in [5.41, 5.74) is 0. The van der Waals surface area contributed by atoms with Gasteiger partial charge < -0.3 is 14.4 Å². The summed E-state index contributed by atoms with van der Waals surface area (Å²) < 4.78 is 11.2. The first-order chi connectivity index (χ1) is 10.1. The molecule has 1 aromatic heterocycles. The topological polar surface area (TPSA) is 55.8 Å². The second-order valence-corrected chi connectivity index (χ2v) is 7.28. The van der Waals surface area contributed by atoms with E-state index >= 15 is 0 Å². The van der Waals surface area contributed by atoms with Crippen molar-refractivity contribution in [1.82, 2.24) is 4.90 Å². The van der Waals surface area contributed by atoms with Crippen LogP contribution in [0.15, 0.2) is 15.9 Å². The van der Waals surface area contributed by atoms with Gasteiger partial charge in [0.1, 0.15) is 0 Å². The van der Waals surface area contributed by atoms with Gasteiger partial charge in [0.25, 0.3) is 5.91 Å². The number of methoxy groups -OCH3 is 1.